The molecule has 4 aromatic rings. The van der Waals surface area contributed by atoms with E-state index < -0.39 is 0 Å². The summed E-state index contributed by atoms with van der Waals surface area (Å²) >= 11 is 0. The molecular formula is C18H20N8O. The molecule has 27 heavy (non-hydrogen) atoms. The van der Waals surface area contributed by atoms with Gasteiger partial charge in [0.2, 0.25) is 5.88 Å². The molecule has 0 bridgehead atoms. The molecule has 0 spiro atoms. The third kappa shape index (κ3) is 3.05. The lowest BCUT2D eigenvalue weighted by molar-refractivity contribution is 0.213. The second kappa shape index (κ2) is 6.49. The van der Waals surface area contributed by atoms with Gasteiger partial charge in [-0.1, -0.05) is 0 Å². The molecule has 5 rings (SSSR count). The Morgan fingerprint density at radius 3 is 3.00 bits per heavy atom. The van der Waals surface area contributed by atoms with E-state index in [1.807, 2.05) is 25.3 Å². The van der Waals surface area contributed by atoms with Crippen molar-refractivity contribution in [3.05, 3.63) is 36.5 Å². The van der Waals surface area contributed by atoms with E-state index in [0.717, 1.165) is 54.1 Å². The minimum atomic E-state index is 0.505. The first-order chi connectivity index (χ1) is 13.3. The van der Waals surface area contributed by atoms with Gasteiger partial charge in [-0.3, -0.25) is 5.10 Å². The molecule has 9 nitrogen and oxygen atoms in total. The highest BCUT2D eigenvalue weighted by Crippen LogP contribution is 2.26. The molecule has 0 unspecified atom stereocenters. The summed E-state index contributed by atoms with van der Waals surface area (Å²) in [5, 5.41) is 12.4. The van der Waals surface area contributed by atoms with E-state index in [1.165, 1.54) is 0 Å². The van der Waals surface area contributed by atoms with Gasteiger partial charge in [0, 0.05) is 19.2 Å². The quantitative estimate of drug-likeness (QED) is 0.591. The van der Waals surface area contributed by atoms with Crippen molar-refractivity contribution in [3.63, 3.8) is 0 Å². The van der Waals surface area contributed by atoms with Gasteiger partial charge in [0.05, 0.1) is 30.1 Å². The highest BCUT2D eigenvalue weighted by atomic mass is 16.5. The Morgan fingerprint density at radius 1 is 1.22 bits per heavy atom. The number of imidazole rings is 1. The van der Waals surface area contributed by atoms with E-state index in [-0.39, 0.29) is 0 Å². The molecule has 9 heteroatoms. The SMILES string of the molecule is Cc1cn2nc(OCC3CCN(c4ncnc5[nH]ncc45)CC3)ccc2n1. The van der Waals surface area contributed by atoms with Crippen LogP contribution in [0.5, 0.6) is 5.88 Å². The van der Waals surface area contributed by atoms with Gasteiger partial charge < -0.3 is 9.64 Å². The average molecular weight is 364 g/mol. The van der Waals surface area contributed by atoms with Gasteiger partial charge in [-0.25, -0.2) is 19.5 Å². The summed E-state index contributed by atoms with van der Waals surface area (Å²) in [7, 11) is 0. The number of anilines is 1. The Balaban J connectivity index is 1.21. The van der Waals surface area contributed by atoms with E-state index in [2.05, 4.69) is 35.1 Å². The van der Waals surface area contributed by atoms with Crippen molar-refractivity contribution in [1.29, 1.82) is 0 Å². The summed E-state index contributed by atoms with van der Waals surface area (Å²) in [5.41, 5.74) is 2.56. The molecule has 4 aromatic heterocycles. The van der Waals surface area contributed by atoms with Crippen molar-refractivity contribution in [2.75, 3.05) is 24.6 Å². The van der Waals surface area contributed by atoms with Gasteiger partial charge in [-0.05, 0) is 31.7 Å². The van der Waals surface area contributed by atoms with Gasteiger partial charge in [0.25, 0.3) is 0 Å². The zero-order chi connectivity index (χ0) is 18.2. The van der Waals surface area contributed by atoms with Crippen molar-refractivity contribution in [1.82, 2.24) is 34.8 Å². The first-order valence-electron chi connectivity index (χ1n) is 9.11. The lowest BCUT2D eigenvalue weighted by Gasteiger charge is -2.32. The summed E-state index contributed by atoms with van der Waals surface area (Å²) in [6, 6.07) is 3.82. The van der Waals surface area contributed by atoms with Crippen LogP contribution in [-0.2, 0) is 0 Å². The monoisotopic (exact) mass is 364 g/mol. The summed E-state index contributed by atoms with van der Waals surface area (Å²) in [4.78, 5) is 15.3. The number of piperidine rings is 1. The Bertz CT molecular complexity index is 1080. The molecule has 5 heterocycles. The molecule has 138 valence electrons. The minimum Gasteiger partial charge on any atom is -0.476 e. The third-order valence-corrected chi connectivity index (χ3v) is 5.02. The van der Waals surface area contributed by atoms with Gasteiger partial charge in [0.1, 0.15) is 12.1 Å². The predicted molar refractivity (Wildman–Crippen MR) is 99.8 cm³/mol. The van der Waals surface area contributed by atoms with Gasteiger partial charge in [-0.15, -0.1) is 5.10 Å². The number of ether oxygens (including phenoxy) is 1. The third-order valence-electron chi connectivity index (χ3n) is 5.02. The number of fused-ring (bicyclic) bond motifs is 2. The molecule has 0 aromatic carbocycles. The molecule has 0 radical (unpaired) electrons. The fourth-order valence-electron chi connectivity index (χ4n) is 3.58. The number of aryl methyl sites for hydroxylation is 1. The van der Waals surface area contributed by atoms with Crippen LogP contribution in [0.15, 0.2) is 30.9 Å². The van der Waals surface area contributed by atoms with Crippen LogP contribution >= 0.6 is 0 Å². The van der Waals surface area contributed by atoms with E-state index in [1.54, 1.807) is 17.0 Å². The lowest BCUT2D eigenvalue weighted by Crippen LogP contribution is -2.36. The number of nitrogens with zero attached hydrogens (tertiary/aromatic N) is 7. The Hall–Kier alpha value is -3.23. The van der Waals surface area contributed by atoms with Crippen LogP contribution in [0.3, 0.4) is 0 Å². The molecule has 1 aliphatic rings. The number of H-pyrrole nitrogens is 1. The highest BCUT2D eigenvalue weighted by Gasteiger charge is 2.22. The Morgan fingerprint density at radius 2 is 2.11 bits per heavy atom. The second-order valence-corrected chi connectivity index (χ2v) is 6.93. The maximum atomic E-state index is 5.94. The number of hydrogen-bond acceptors (Lipinski definition) is 7. The van der Waals surface area contributed by atoms with E-state index in [9.17, 15) is 0 Å². The molecular weight excluding hydrogens is 344 g/mol. The zero-order valence-electron chi connectivity index (χ0n) is 15.0. The van der Waals surface area contributed by atoms with Crippen molar-refractivity contribution in [2.45, 2.75) is 19.8 Å². The number of hydrogen-bond donors (Lipinski definition) is 1. The summed E-state index contributed by atoms with van der Waals surface area (Å²) < 4.78 is 7.71. The van der Waals surface area contributed by atoms with Crippen molar-refractivity contribution in [2.24, 2.45) is 5.92 Å². The standard InChI is InChI=1S/C18H20N8O/c1-12-9-26-15(22-12)2-3-16(24-26)27-10-13-4-6-25(7-5-13)18-14-8-21-23-17(14)19-11-20-18/h2-3,8-9,11,13H,4-7,10H2,1H3,(H,19,20,21,23). The topological polar surface area (TPSA) is 97.1 Å². The molecule has 0 aliphatic carbocycles. The molecule has 1 saturated heterocycles. The van der Waals surface area contributed by atoms with Crippen molar-refractivity contribution in [3.8, 4) is 5.88 Å². The van der Waals surface area contributed by atoms with E-state index >= 15 is 0 Å². The van der Waals surface area contributed by atoms with E-state index in [4.69, 9.17) is 4.74 Å². The zero-order valence-corrected chi connectivity index (χ0v) is 15.0. The van der Waals surface area contributed by atoms with E-state index in [0.29, 0.717) is 18.4 Å². The lowest BCUT2D eigenvalue weighted by atomic mass is 9.98. The first-order valence-corrected chi connectivity index (χ1v) is 9.11. The summed E-state index contributed by atoms with van der Waals surface area (Å²) in [5.74, 6) is 2.10. The van der Waals surface area contributed by atoms with Crippen LogP contribution in [0.2, 0.25) is 0 Å². The summed E-state index contributed by atoms with van der Waals surface area (Å²) in [6.45, 7) is 4.51. The van der Waals surface area contributed by atoms with Crippen LogP contribution < -0.4 is 9.64 Å². The van der Waals surface area contributed by atoms with Crippen molar-refractivity contribution < 1.29 is 4.74 Å². The van der Waals surface area contributed by atoms with Gasteiger partial charge in [-0.2, -0.15) is 5.10 Å². The first kappa shape index (κ1) is 16.0. The highest BCUT2D eigenvalue weighted by molar-refractivity contribution is 5.86. The summed E-state index contributed by atoms with van der Waals surface area (Å²) in [6.07, 6.45) is 7.38. The fourth-order valence-corrected chi connectivity index (χ4v) is 3.58. The van der Waals surface area contributed by atoms with Crippen LogP contribution in [0.1, 0.15) is 18.5 Å². The van der Waals surface area contributed by atoms with Crippen LogP contribution in [0.25, 0.3) is 16.7 Å². The van der Waals surface area contributed by atoms with Crippen LogP contribution in [0.4, 0.5) is 5.82 Å². The molecule has 1 aliphatic heterocycles. The average Bonchev–Trinajstić information content (AvgIpc) is 3.31. The molecule has 0 saturated carbocycles. The number of aromatic amines is 1. The Labute approximate surface area is 155 Å². The minimum absolute atomic E-state index is 0.505. The van der Waals surface area contributed by atoms with Gasteiger partial charge >= 0.3 is 0 Å². The van der Waals surface area contributed by atoms with Crippen LogP contribution in [-0.4, -0.2) is 54.5 Å². The largest absolute Gasteiger partial charge is 0.476 e. The second-order valence-electron chi connectivity index (χ2n) is 6.93. The number of nitrogens with one attached hydrogen (secondary N) is 1. The maximum absolute atomic E-state index is 5.94. The van der Waals surface area contributed by atoms with Gasteiger partial charge in [0.15, 0.2) is 11.3 Å². The fraction of sp³-hybridized carbons (Fsp3) is 0.389. The molecule has 0 atom stereocenters. The molecule has 1 N–H and O–H groups in total. The molecule has 1 fully saturated rings. The maximum Gasteiger partial charge on any atom is 0.231 e. The predicted octanol–water partition coefficient (Wildman–Crippen LogP) is 2.00. The normalized spacial score (nSPS) is 15.7. The smallest absolute Gasteiger partial charge is 0.231 e. The number of rotatable bonds is 4. The van der Waals surface area contributed by atoms with Crippen LogP contribution in [0, 0.1) is 12.8 Å². The van der Waals surface area contributed by atoms with Crippen molar-refractivity contribution >= 4 is 22.5 Å². The molecule has 0 amide bonds. The number of aromatic nitrogens is 7. The Kier molecular flexibility index (Phi) is 3.84.